The fourth-order valence-corrected chi connectivity index (χ4v) is 5.88. The van der Waals surface area contributed by atoms with Crippen LogP contribution in [0.4, 0.5) is 24.5 Å². The van der Waals surface area contributed by atoms with E-state index in [2.05, 4.69) is 11.8 Å². The van der Waals surface area contributed by atoms with E-state index in [1.165, 1.54) is 23.9 Å². The number of para-hydroxylation sites is 1. The lowest BCUT2D eigenvalue weighted by Gasteiger charge is -2.42. The number of hydrogen-bond donors (Lipinski definition) is 1. The first kappa shape index (κ1) is 27.1. The highest BCUT2D eigenvalue weighted by Crippen LogP contribution is 2.49. The maximum absolute atomic E-state index is 13.4. The Kier molecular flexibility index (Phi) is 8.85. The van der Waals surface area contributed by atoms with Crippen molar-refractivity contribution in [2.24, 2.45) is 0 Å². The number of anilines is 2. The molecule has 4 rings (SSSR count). The van der Waals surface area contributed by atoms with Crippen LogP contribution in [0.5, 0.6) is 0 Å². The Morgan fingerprint density at radius 3 is 2.38 bits per heavy atom. The van der Waals surface area contributed by atoms with Crippen LogP contribution in [0.15, 0.2) is 52.3 Å². The third-order valence-corrected chi connectivity index (χ3v) is 7.77. The smallest absolute Gasteiger partial charge is 0.368 e. The molecule has 4 nitrogen and oxygen atoms in total. The quantitative estimate of drug-likeness (QED) is 0.413. The van der Waals surface area contributed by atoms with Crippen LogP contribution in [0.1, 0.15) is 45.1 Å². The predicted molar refractivity (Wildman–Crippen MR) is 132 cm³/mol. The van der Waals surface area contributed by atoms with E-state index >= 15 is 0 Å². The third-order valence-electron chi connectivity index (χ3n) is 6.64. The van der Waals surface area contributed by atoms with Crippen molar-refractivity contribution in [2.45, 2.75) is 67.4 Å². The first-order chi connectivity index (χ1) is 15.7. The molecule has 2 heterocycles. The Labute approximate surface area is 209 Å². The fraction of sp³-hybridized carbons (Fsp3) is 0.520. The molecule has 1 N–H and O–H groups in total. The van der Waals surface area contributed by atoms with Gasteiger partial charge in [-0.1, -0.05) is 30.8 Å². The second kappa shape index (κ2) is 11.1. The van der Waals surface area contributed by atoms with Crippen molar-refractivity contribution in [3.05, 3.63) is 48.0 Å². The standard InChI is InChI=1S/C25H31F3N2O2S.ClH/c1-3-24(32-18(2)31)11-15-29(16-12-24)13-6-14-30-20-7-4-5-8-22(20)33-23-10-9-19(17-21(23)30)25(26,27)28;/h4-5,7-10,17-18,31H,3,6,11-16H2,1-2H3;1H. The molecule has 9 heteroatoms. The number of ether oxygens (including phenoxy) is 1. The van der Waals surface area contributed by atoms with Crippen molar-refractivity contribution in [1.82, 2.24) is 4.90 Å². The number of alkyl halides is 3. The summed E-state index contributed by atoms with van der Waals surface area (Å²) < 4.78 is 46.0. The first-order valence-electron chi connectivity index (χ1n) is 11.5. The Balaban J connectivity index is 0.00000324. The van der Waals surface area contributed by atoms with Crippen LogP contribution in [0, 0.1) is 0 Å². The second-order valence-electron chi connectivity index (χ2n) is 8.85. The van der Waals surface area contributed by atoms with Gasteiger partial charge in [-0.25, -0.2) is 0 Å². The number of fused-ring (bicyclic) bond motifs is 2. The summed E-state index contributed by atoms with van der Waals surface area (Å²) in [5.74, 6) is 0. The number of aliphatic hydroxyl groups excluding tert-OH is 1. The van der Waals surface area contributed by atoms with E-state index in [1.807, 2.05) is 29.2 Å². The topological polar surface area (TPSA) is 35.9 Å². The van der Waals surface area contributed by atoms with E-state index in [9.17, 15) is 18.3 Å². The summed E-state index contributed by atoms with van der Waals surface area (Å²) in [5, 5.41) is 9.67. The number of piperidine rings is 1. The van der Waals surface area contributed by atoms with Crippen LogP contribution >= 0.6 is 24.2 Å². The molecule has 0 saturated carbocycles. The molecular formula is C25H32ClF3N2O2S. The highest BCUT2D eigenvalue weighted by atomic mass is 35.5. The summed E-state index contributed by atoms with van der Waals surface area (Å²) in [5.41, 5.74) is 0.711. The van der Waals surface area contributed by atoms with Crippen LogP contribution in [0.3, 0.4) is 0 Å². The van der Waals surface area contributed by atoms with Gasteiger partial charge in [0.15, 0.2) is 6.29 Å². The SMILES string of the molecule is CCC1(OC(C)O)CCN(CCCN2c3ccccc3Sc3ccc(C(F)(F)F)cc32)CC1.Cl. The van der Waals surface area contributed by atoms with Crippen molar-refractivity contribution in [2.75, 3.05) is 31.1 Å². The second-order valence-corrected chi connectivity index (χ2v) is 9.93. The first-order valence-corrected chi connectivity index (χ1v) is 12.4. The summed E-state index contributed by atoms with van der Waals surface area (Å²) in [6.07, 6.45) is -1.69. The maximum atomic E-state index is 13.4. The summed E-state index contributed by atoms with van der Waals surface area (Å²) in [6, 6.07) is 11.9. The lowest BCUT2D eigenvalue weighted by molar-refractivity contribution is -0.193. The summed E-state index contributed by atoms with van der Waals surface area (Å²) in [7, 11) is 0. The zero-order valence-corrected chi connectivity index (χ0v) is 21.1. The molecule has 1 fully saturated rings. The minimum atomic E-state index is -4.37. The van der Waals surface area contributed by atoms with Crippen LogP contribution in [-0.2, 0) is 10.9 Å². The Hall–Kier alpha value is -1.45. The summed E-state index contributed by atoms with van der Waals surface area (Å²) in [4.78, 5) is 6.33. The lowest BCUT2D eigenvalue weighted by Crippen LogP contribution is -2.47. The van der Waals surface area contributed by atoms with Gasteiger partial charge in [-0.15, -0.1) is 12.4 Å². The Morgan fingerprint density at radius 1 is 1.06 bits per heavy atom. The molecule has 0 amide bonds. The third kappa shape index (κ3) is 6.02. The predicted octanol–water partition coefficient (Wildman–Crippen LogP) is 6.72. The van der Waals surface area contributed by atoms with Gasteiger partial charge in [-0.05, 0) is 69.5 Å². The van der Waals surface area contributed by atoms with Gasteiger partial charge >= 0.3 is 6.18 Å². The van der Waals surface area contributed by atoms with Crippen molar-refractivity contribution < 1.29 is 23.0 Å². The number of likely N-dealkylation sites (tertiary alicyclic amines) is 1. The number of hydrogen-bond acceptors (Lipinski definition) is 5. The number of aliphatic hydroxyl groups is 1. The normalized spacial score (nSPS) is 18.6. The van der Waals surface area contributed by atoms with Gasteiger partial charge in [0.1, 0.15) is 0 Å². The average molecular weight is 517 g/mol. The van der Waals surface area contributed by atoms with Crippen molar-refractivity contribution in [3.63, 3.8) is 0 Å². The molecule has 34 heavy (non-hydrogen) atoms. The molecule has 1 saturated heterocycles. The molecule has 0 bridgehead atoms. The molecule has 0 aromatic heterocycles. The fourth-order valence-electron chi connectivity index (χ4n) is 4.80. The number of halogens is 4. The molecule has 2 aliphatic heterocycles. The highest BCUT2D eigenvalue weighted by Gasteiger charge is 2.36. The highest BCUT2D eigenvalue weighted by molar-refractivity contribution is 7.99. The average Bonchev–Trinajstić information content (AvgIpc) is 2.78. The van der Waals surface area contributed by atoms with Crippen LogP contribution in [0.2, 0.25) is 0 Å². The van der Waals surface area contributed by atoms with Crippen molar-refractivity contribution in [1.29, 1.82) is 0 Å². The van der Waals surface area contributed by atoms with Crippen molar-refractivity contribution >= 4 is 35.5 Å². The molecule has 2 aromatic carbocycles. The van der Waals surface area contributed by atoms with E-state index in [-0.39, 0.29) is 18.0 Å². The minimum absolute atomic E-state index is 0. The number of rotatable bonds is 7. The van der Waals surface area contributed by atoms with Crippen LogP contribution < -0.4 is 4.90 Å². The largest absolute Gasteiger partial charge is 0.416 e. The van der Waals surface area contributed by atoms with E-state index < -0.39 is 18.0 Å². The zero-order valence-electron chi connectivity index (χ0n) is 19.5. The molecular weight excluding hydrogens is 485 g/mol. The Bertz CT molecular complexity index is 965. The van der Waals surface area contributed by atoms with Crippen LogP contribution in [-0.4, -0.2) is 48.1 Å². The molecule has 1 atom stereocenters. The Morgan fingerprint density at radius 2 is 1.74 bits per heavy atom. The molecule has 2 aromatic rings. The molecule has 0 aliphatic carbocycles. The van der Waals surface area contributed by atoms with Gasteiger partial charge in [-0.2, -0.15) is 13.2 Å². The van der Waals surface area contributed by atoms with E-state index in [0.717, 1.165) is 60.8 Å². The van der Waals surface area contributed by atoms with Gasteiger partial charge in [0.25, 0.3) is 0 Å². The molecule has 188 valence electrons. The zero-order chi connectivity index (χ0) is 23.6. The van der Waals surface area contributed by atoms with E-state index in [4.69, 9.17) is 4.74 Å². The van der Waals surface area contributed by atoms with E-state index in [0.29, 0.717) is 12.2 Å². The van der Waals surface area contributed by atoms with Crippen LogP contribution in [0.25, 0.3) is 0 Å². The molecule has 2 aliphatic rings. The molecule has 0 spiro atoms. The summed E-state index contributed by atoms with van der Waals surface area (Å²) in [6.45, 7) is 7.04. The van der Waals surface area contributed by atoms with Gasteiger partial charge < -0.3 is 19.6 Å². The summed E-state index contributed by atoms with van der Waals surface area (Å²) >= 11 is 1.52. The van der Waals surface area contributed by atoms with Gasteiger partial charge in [0.05, 0.1) is 22.5 Å². The lowest BCUT2D eigenvalue weighted by atomic mass is 9.88. The minimum Gasteiger partial charge on any atom is -0.368 e. The van der Waals surface area contributed by atoms with Gasteiger partial charge in [0.2, 0.25) is 0 Å². The number of benzene rings is 2. The number of nitrogens with zero attached hydrogens (tertiary/aromatic N) is 2. The molecule has 1 unspecified atom stereocenters. The van der Waals surface area contributed by atoms with Gasteiger partial charge in [-0.3, -0.25) is 0 Å². The van der Waals surface area contributed by atoms with E-state index in [1.54, 1.807) is 13.0 Å². The van der Waals surface area contributed by atoms with Crippen molar-refractivity contribution in [3.8, 4) is 0 Å². The molecule has 0 radical (unpaired) electrons. The monoisotopic (exact) mass is 516 g/mol. The maximum Gasteiger partial charge on any atom is 0.416 e. The van der Waals surface area contributed by atoms with Gasteiger partial charge in [0, 0.05) is 29.4 Å².